The van der Waals surface area contributed by atoms with E-state index >= 15 is 0 Å². The molecule has 2 unspecified atom stereocenters. The molecular formula is C22H42K3O4P. The average molecular weight is 519 g/mol. The van der Waals surface area contributed by atoms with E-state index in [0.29, 0.717) is 30.8 Å². The van der Waals surface area contributed by atoms with Gasteiger partial charge in [-0.05, 0) is 36.8 Å². The van der Waals surface area contributed by atoms with Crippen LogP contribution in [0.5, 0.6) is 5.75 Å². The van der Waals surface area contributed by atoms with Gasteiger partial charge < -0.3 is 4.52 Å². The van der Waals surface area contributed by atoms with Gasteiger partial charge in [-0.2, -0.15) is 0 Å². The first kappa shape index (κ1) is 38.6. The Bertz CT molecular complexity index is 510. The van der Waals surface area contributed by atoms with Crippen LogP contribution in [-0.4, -0.2) is 167 Å². The topological polar surface area (TPSA) is 44.8 Å². The molecule has 0 aliphatic carbocycles. The van der Waals surface area contributed by atoms with E-state index < -0.39 is 7.82 Å². The first-order valence-electron chi connectivity index (χ1n) is 10.7. The van der Waals surface area contributed by atoms with Crippen molar-refractivity contribution in [3.8, 4) is 5.75 Å². The van der Waals surface area contributed by atoms with Gasteiger partial charge in [0.15, 0.2) is 0 Å². The van der Waals surface area contributed by atoms with E-state index in [0.717, 1.165) is 51.4 Å². The molecule has 0 radical (unpaired) electrons. The molecule has 1 aromatic rings. The second-order valence-corrected chi connectivity index (χ2v) is 8.87. The Morgan fingerprint density at radius 3 is 1.57 bits per heavy atom. The Labute approximate surface area is 313 Å². The van der Waals surface area contributed by atoms with Crippen molar-refractivity contribution >= 4 is 162 Å². The zero-order chi connectivity index (χ0) is 20.0. The van der Waals surface area contributed by atoms with Gasteiger partial charge in [-0.15, -0.1) is 0 Å². The van der Waals surface area contributed by atoms with E-state index in [-0.39, 0.29) is 154 Å². The summed E-state index contributed by atoms with van der Waals surface area (Å²) in [5.41, 5.74) is 0. The second kappa shape index (κ2) is 24.8. The Morgan fingerprint density at radius 2 is 1.20 bits per heavy atom. The summed E-state index contributed by atoms with van der Waals surface area (Å²) in [4.78, 5) is 0. The molecule has 4 nitrogen and oxygen atoms in total. The number of unbranched alkanes of at least 4 members (excludes halogenated alkanes) is 2. The van der Waals surface area contributed by atoms with E-state index in [1.807, 2.05) is 18.2 Å². The molecule has 0 fully saturated rings. The van der Waals surface area contributed by atoms with Gasteiger partial charge in [0.2, 0.25) is 0 Å². The van der Waals surface area contributed by atoms with Gasteiger partial charge in [-0.3, -0.25) is 9.05 Å². The molecule has 0 aliphatic rings. The number of phosphoric ester groups is 1. The predicted molar refractivity (Wildman–Crippen MR) is 135 cm³/mol. The fourth-order valence-corrected chi connectivity index (χ4v) is 4.24. The van der Waals surface area contributed by atoms with Crippen LogP contribution in [-0.2, 0) is 13.6 Å². The van der Waals surface area contributed by atoms with Crippen LogP contribution in [0.4, 0.5) is 0 Å². The van der Waals surface area contributed by atoms with E-state index in [1.165, 1.54) is 0 Å². The summed E-state index contributed by atoms with van der Waals surface area (Å²) >= 11 is 0. The fourth-order valence-electron chi connectivity index (χ4n) is 2.89. The van der Waals surface area contributed by atoms with Gasteiger partial charge in [-0.1, -0.05) is 84.4 Å². The van der Waals surface area contributed by atoms with Crippen molar-refractivity contribution in [2.24, 2.45) is 11.8 Å². The molecule has 0 N–H and O–H groups in total. The molecule has 8 heteroatoms. The third-order valence-corrected chi connectivity index (χ3v) is 6.35. The number of benzene rings is 1. The van der Waals surface area contributed by atoms with E-state index in [9.17, 15) is 4.57 Å². The van der Waals surface area contributed by atoms with Gasteiger partial charge in [0.25, 0.3) is 0 Å². The van der Waals surface area contributed by atoms with Gasteiger partial charge in [0, 0.05) is 0 Å². The number of hydrogen-bond donors (Lipinski definition) is 0. The van der Waals surface area contributed by atoms with E-state index in [4.69, 9.17) is 13.6 Å². The van der Waals surface area contributed by atoms with E-state index in [1.54, 1.807) is 12.1 Å². The molecule has 162 valence electrons. The molecular weight excluding hydrogens is 477 g/mol. The number of para-hydroxylation sites is 1. The van der Waals surface area contributed by atoms with Gasteiger partial charge in [-0.25, -0.2) is 4.57 Å². The third kappa shape index (κ3) is 18.4. The minimum absolute atomic E-state index is 0. The molecule has 1 rings (SSSR count). The maximum atomic E-state index is 13.3. The normalized spacial score (nSPS) is 14.3. The molecule has 30 heavy (non-hydrogen) atoms. The summed E-state index contributed by atoms with van der Waals surface area (Å²) in [5, 5.41) is 0. The first-order chi connectivity index (χ1) is 13.1. The van der Waals surface area contributed by atoms with Crippen LogP contribution < -0.4 is 4.52 Å². The van der Waals surface area contributed by atoms with Crippen LogP contribution in [0.25, 0.3) is 0 Å². The molecule has 0 saturated carbocycles. The van der Waals surface area contributed by atoms with Crippen molar-refractivity contribution in [3.63, 3.8) is 0 Å². The molecule has 0 heterocycles. The monoisotopic (exact) mass is 518 g/mol. The summed E-state index contributed by atoms with van der Waals surface area (Å²) in [6.45, 7) is 9.47. The standard InChI is InChI=1S/C22H39O4P.3K.3H/c1-5-9-14-20(7-3)18-24-27(23,26-22-16-12-11-13-17-22)25-19-21(8-4)15-10-6-2;;;;;;/h11-13,16-17,20-21H,5-10,14-15,18-19H2,1-4H3;;;;;;. The van der Waals surface area contributed by atoms with Crippen molar-refractivity contribution in [1.82, 2.24) is 0 Å². The SMILES string of the molecule is CCCCC(CC)COP(=O)(OCC(CC)CCCC)Oc1ccccc1.[KH].[KH].[KH]. The van der Waals surface area contributed by atoms with Crippen LogP contribution in [0.1, 0.15) is 79.1 Å². The van der Waals surface area contributed by atoms with Crippen LogP contribution >= 0.6 is 7.82 Å². The maximum absolute atomic E-state index is 13.3. The van der Waals surface area contributed by atoms with Gasteiger partial charge >= 0.3 is 162 Å². The van der Waals surface area contributed by atoms with Gasteiger partial charge in [0.05, 0.1) is 13.2 Å². The molecule has 0 aliphatic heterocycles. The van der Waals surface area contributed by atoms with Crippen molar-refractivity contribution in [1.29, 1.82) is 0 Å². The van der Waals surface area contributed by atoms with Crippen molar-refractivity contribution < 1.29 is 18.1 Å². The molecule has 0 spiro atoms. The number of hydrogen-bond acceptors (Lipinski definition) is 4. The number of phosphoric acid groups is 1. The van der Waals surface area contributed by atoms with Crippen molar-refractivity contribution in [3.05, 3.63) is 30.3 Å². The van der Waals surface area contributed by atoms with Crippen LogP contribution in [0.15, 0.2) is 30.3 Å². The fraction of sp³-hybridized carbons (Fsp3) is 0.727. The molecule has 0 saturated heterocycles. The summed E-state index contributed by atoms with van der Waals surface area (Å²) in [6, 6.07) is 9.16. The second-order valence-electron chi connectivity index (χ2n) is 7.28. The predicted octanol–water partition coefficient (Wildman–Crippen LogP) is 5.69. The summed E-state index contributed by atoms with van der Waals surface area (Å²) in [5.74, 6) is 1.27. The third-order valence-electron chi connectivity index (χ3n) is 4.98. The molecule has 2 atom stereocenters. The zero-order valence-electron chi connectivity index (χ0n) is 17.7. The van der Waals surface area contributed by atoms with Crippen molar-refractivity contribution in [2.45, 2.75) is 79.1 Å². The Balaban J connectivity index is -0.00000243. The van der Waals surface area contributed by atoms with Crippen LogP contribution in [0.2, 0.25) is 0 Å². The zero-order valence-corrected chi connectivity index (χ0v) is 18.6. The molecule has 1 aromatic carbocycles. The molecule has 0 amide bonds. The Morgan fingerprint density at radius 1 is 0.767 bits per heavy atom. The minimum atomic E-state index is -3.64. The van der Waals surface area contributed by atoms with E-state index in [2.05, 4.69) is 27.7 Å². The molecule has 0 bridgehead atoms. The summed E-state index contributed by atoms with van der Waals surface area (Å²) in [6.07, 6.45) is 8.77. The quantitative estimate of drug-likeness (QED) is 0.208. The summed E-state index contributed by atoms with van der Waals surface area (Å²) in [7, 11) is -3.64. The van der Waals surface area contributed by atoms with Crippen LogP contribution in [0.3, 0.4) is 0 Å². The Kier molecular flexibility index (Phi) is 31.9. The summed E-state index contributed by atoms with van der Waals surface area (Å²) < 4.78 is 30.6. The molecule has 0 aromatic heterocycles. The number of rotatable bonds is 16. The van der Waals surface area contributed by atoms with Crippen molar-refractivity contribution in [2.75, 3.05) is 13.2 Å². The van der Waals surface area contributed by atoms with Crippen LogP contribution in [0, 0.1) is 11.8 Å². The van der Waals surface area contributed by atoms with Gasteiger partial charge in [0.1, 0.15) is 5.75 Å². The first-order valence-corrected chi connectivity index (χ1v) is 12.2. The Hall–Kier alpha value is 4.08. The average Bonchev–Trinajstić information content (AvgIpc) is 2.69.